The van der Waals surface area contributed by atoms with E-state index in [9.17, 15) is 4.39 Å². The quantitative estimate of drug-likeness (QED) is 0.856. The summed E-state index contributed by atoms with van der Waals surface area (Å²) >= 11 is 11.2. The first-order valence-electron chi connectivity index (χ1n) is 6.79. The number of hydrogen-bond acceptors (Lipinski definition) is 2. The molecule has 1 aliphatic rings. The molecule has 0 saturated carbocycles. The number of nitrogens with zero attached hydrogens (tertiary/aromatic N) is 1. The molecular weight excluding hydrogens is 299 g/mol. The molecule has 1 aromatic heterocycles. The molecule has 1 fully saturated rings. The summed E-state index contributed by atoms with van der Waals surface area (Å²) in [6.45, 7) is 3.71. The predicted octanol–water partition coefficient (Wildman–Crippen LogP) is 4.31. The molecule has 2 aromatic rings. The summed E-state index contributed by atoms with van der Waals surface area (Å²) in [6, 6.07) is 3.03. The topological polar surface area (TPSA) is 29.9 Å². The van der Waals surface area contributed by atoms with Gasteiger partial charge in [0.1, 0.15) is 5.82 Å². The average molecular weight is 315 g/mol. The largest absolute Gasteiger partial charge is 0.378 e. The number of ether oxygens (including phenoxy) is 1. The van der Waals surface area contributed by atoms with Crippen molar-refractivity contribution in [1.82, 2.24) is 9.55 Å². The molecule has 0 bridgehead atoms. The highest BCUT2D eigenvalue weighted by atomic mass is 35.5. The maximum Gasteiger partial charge on any atom is 0.178 e. The second kappa shape index (κ2) is 5.47. The molecule has 20 heavy (non-hydrogen) atoms. The Balaban J connectivity index is 2.01. The average Bonchev–Trinajstić information content (AvgIpc) is 2.97. The second-order valence-electron chi connectivity index (χ2n) is 5.19. The van der Waals surface area contributed by atoms with Gasteiger partial charge in [-0.15, -0.1) is 0 Å². The first-order chi connectivity index (χ1) is 9.60. The predicted molar refractivity (Wildman–Crippen MR) is 80.2 cm³/mol. The molecule has 2 heterocycles. The number of aromatic nitrogens is 2. The van der Waals surface area contributed by atoms with Crippen LogP contribution in [0.3, 0.4) is 0 Å². The monoisotopic (exact) mass is 314 g/mol. The van der Waals surface area contributed by atoms with E-state index in [1.54, 1.807) is 6.07 Å². The number of benzene rings is 1. The number of rotatable bonds is 3. The van der Waals surface area contributed by atoms with Crippen molar-refractivity contribution in [3.63, 3.8) is 0 Å². The van der Waals surface area contributed by atoms with E-state index in [0.717, 1.165) is 31.5 Å². The molecule has 0 amide bonds. The van der Waals surface area contributed by atoms with Crippen molar-refractivity contribution in [2.75, 3.05) is 6.61 Å². The third-order valence-electron chi connectivity index (χ3n) is 3.98. The fraction of sp³-hybridized carbons (Fsp3) is 0.500. The van der Waals surface area contributed by atoms with Crippen LogP contribution in [-0.4, -0.2) is 22.3 Å². The van der Waals surface area contributed by atoms with Gasteiger partial charge in [-0.2, -0.15) is 0 Å². The zero-order valence-corrected chi connectivity index (χ0v) is 12.7. The molecule has 1 aliphatic heterocycles. The Bertz CT molecular complexity index is 696. The minimum Gasteiger partial charge on any atom is -0.378 e. The van der Waals surface area contributed by atoms with E-state index >= 15 is 0 Å². The molecular formula is C14H16ClFN2OS. The SMILES string of the molecule is CCC1OCCC1Cn1c(=S)[nH]c2cc(F)c(Cl)cc21. The lowest BCUT2D eigenvalue weighted by Crippen LogP contribution is -2.20. The lowest BCUT2D eigenvalue weighted by Gasteiger charge is -2.17. The van der Waals surface area contributed by atoms with Crippen LogP contribution in [0.5, 0.6) is 0 Å². The molecule has 0 aliphatic carbocycles. The summed E-state index contributed by atoms with van der Waals surface area (Å²) in [7, 11) is 0. The van der Waals surface area contributed by atoms with Crippen molar-refractivity contribution in [1.29, 1.82) is 0 Å². The molecule has 1 N–H and O–H groups in total. The van der Waals surface area contributed by atoms with E-state index in [1.165, 1.54) is 6.07 Å². The summed E-state index contributed by atoms with van der Waals surface area (Å²) in [6.07, 6.45) is 2.30. The minimum atomic E-state index is -0.432. The maximum absolute atomic E-state index is 13.5. The highest BCUT2D eigenvalue weighted by molar-refractivity contribution is 7.71. The smallest absolute Gasteiger partial charge is 0.178 e. The number of fused-ring (bicyclic) bond motifs is 1. The van der Waals surface area contributed by atoms with E-state index in [0.29, 0.717) is 16.2 Å². The number of hydrogen-bond donors (Lipinski definition) is 1. The standard InChI is InChI=1S/C14H16ClFN2OS/c1-2-13-8(3-4-19-13)7-18-12-5-9(15)10(16)6-11(12)17-14(18)20/h5-6,8,13H,2-4,7H2,1H3,(H,17,20). The molecule has 0 spiro atoms. The van der Waals surface area contributed by atoms with Gasteiger partial charge in [-0.05, 0) is 31.1 Å². The van der Waals surface area contributed by atoms with Crippen molar-refractivity contribution in [2.24, 2.45) is 5.92 Å². The van der Waals surface area contributed by atoms with Gasteiger partial charge >= 0.3 is 0 Å². The molecule has 108 valence electrons. The van der Waals surface area contributed by atoms with Crippen molar-refractivity contribution in [2.45, 2.75) is 32.4 Å². The van der Waals surface area contributed by atoms with E-state index in [4.69, 9.17) is 28.6 Å². The Hall–Kier alpha value is -0.910. The number of H-pyrrole nitrogens is 1. The zero-order chi connectivity index (χ0) is 14.3. The van der Waals surface area contributed by atoms with Gasteiger partial charge in [0, 0.05) is 25.1 Å². The molecule has 3 rings (SSSR count). The van der Waals surface area contributed by atoms with Gasteiger partial charge in [0.05, 0.1) is 22.2 Å². The van der Waals surface area contributed by atoms with Gasteiger partial charge in [0.25, 0.3) is 0 Å². The Labute approximate surface area is 126 Å². The lowest BCUT2D eigenvalue weighted by atomic mass is 9.99. The molecule has 1 saturated heterocycles. The van der Waals surface area contributed by atoms with Crippen molar-refractivity contribution in [3.8, 4) is 0 Å². The first-order valence-corrected chi connectivity index (χ1v) is 7.58. The van der Waals surface area contributed by atoms with Crippen LogP contribution in [0.4, 0.5) is 4.39 Å². The van der Waals surface area contributed by atoms with Crippen LogP contribution in [0.1, 0.15) is 19.8 Å². The highest BCUT2D eigenvalue weighted by Crippen LogP contribution is 2.28. The molecule has 3 nitrogen and oxygen atoms in total. The summed E-state index contributed by atoms with van der Waals surface area (Å²) in [5.74, 6) is 0.00716. The number of nitrogens with one attached hydrogen (secondary N) is 1. The second-order valence-corrected chi connectivity index (χ2v) is 5.98. The normalized spacial score (nSPS) is 22.8. The first kappa shape index (κ1) is 14.0. The van der Waals surface area contributed by atoms with Crippen LogP contribution in [0.15, 0.2) is 12.1 Å². The van der Waals surface area contributed by atoms with E-state index in [1.807, 2.05) is 4.57 Å². The molecule has 2 atom stereocenters. The van der Waals surface area contributed by atoms with E-state index < -0.39 is 5.82 Å². The summed E-state index contributed by atoms with van der Waals surface area (Å²) in [4.78, 5) is 3.04. The fourth-order valence-corrected chi connectivity index (χ4v) is 3.36. The molecule has 2 unspecified atom stereocenters. The van der Waals surface area contributed by atoms with Gasteiger partial charge in [0.15, 0.2) is 4.77 Å². The Morgan fingerprint density at radius 1 is 1.55 bits per heavy atom. The summed E-state index contributed by atoms with van der Waals surface area (Å²) in [5.41, 5.74) is 1.53. The van der Waals surface area contributed by atoms with Crippen LogP contribution in [-0.2, 0) is 11.3 Å². The van der Waals surface area contributed by atoms with E-state index in [-0.39, 0.29) is 11.1 Å². The Morgan fingerprint density at radius 2 is 2.35 bits per heavy atom. The van der Waals surface area contributed by atoms with Crippen LogP contribution in [0, 0.1) is 16.5 Å². The lowest BCUT2D eigenvalue weighted by molar-refractivity contribution is 0.0837. The van der Waals surface area contributed by atoms with Crippen molar-refractivity contribution >= 4 is 34.9 Å². The Kier molecular flexibility index (Phi) is 3.84. The van der Waals surface area contributed by atoms with Crippen LogP contribution < -0.4 is 0 Å². The number of halogens is 2. The van der Waals surface area contributed by atoms with Gasteiger partial charge in [-0.3, -0.25) is 0 Å². The van der Waals surface area contributed by atoms with Gasteiger partial charge in [0.2, 0.25) is 0 Å². The van der Waals surface area contributed by atoms with Crippen LogP contribution in [0.2, 0.25) is 5.02 Å². The van der Waals surface area contributed by atoms with Gasteiger partial charge in [-0.25, -0.2) is 4.39 Å². The van der Waals surface area contributed by atoms with Crippen molar-refractivity contribution < 1.29 is 9.13 Å². The highest BCUT2D eigenvalue weighted by Gasteiger charge is 2.27. The minimum absolute atomic E-state index is 0.120. The number of imidazole rings is 1. The summed E-state index contributed by atoms with van der Waals surface area (Å²) < 4.78 is 21.8. The Morgan fingerprint density at radius 3 is 3.10 bits per heavy atom. The van der Waals surface area contributed by atoms with Crippen molar-refractivity contribution in [3.05, 3.63) is 27.7 Å². The maximum atomic E-state index is 13.5. The third-order valence-corrected chi connectivity index (χ3v) is 4.59. The number of aromatic amines is 1. The van der Waals surface area contributed by atoms with Gasteiger partial charge < -0.3 is 14.3 Å². The summed E-state index contributed by atoms with van der Waals surface area (Å²) in [5, 5.41) is 0.120. The van der Waals surface area contributed by atoms with Gasteiger partial charge in [-0.1, -0.05) is 18.5 Å². The van der Waals surface area contributed by atoms with Crippen LogP contribution >= 0.6 is 23.8 Å². The molecule has 1 aromatic carbocycles. The third kappa shape index (κ3) is 2.38. The van der Waals surface area contributed by atoms with Crippen LogP contribution in [0.25, 0.3) is 11.0 Å². The fourth-order valence-electron chi connectivity index (χ4n) is 2.92. The molecule has 0 radical (unpaired) electrons. The van der Waals surface area contributed by atoms with E-state index in [2.05, 4.69) is 11.9 Å². The molecule has 6 heteroatoms. The zero-order valence-electron chi connectivity index (χ0n) is 11.2.